The third-order valence-corrected chi connectivity index (χ3v) is 3.00. The maximum Gasteiger partial charge on any atom is 0.258 e. The smallest absolute Gasteiger partial charge is 0.258 e. The Hall–Kier alpha value is -2.63. The Balaban J connectivity index is 2.16. The van der Waals surface area contributed by atoms with Gasteiger partial charge in [0.15, 0.2) is 11.5 Å². The quantitative estimate of drug-likeness (QED) is 0.877. The summed E-state index contributed by atoms with van der Waals surface area (Å²) in [6, 6.07) is 7.67. The number of nitrogens with zero attached hydrogens (tertiary/aromatic N) is 2. The highest BCUT2D eigenvalue weighted by molar-refractivity contribution is 5.93. The first-order valence-corrected chi connectivity index (χ1v) is 6.24. The second-order valence-electron chi connectivity index (χ2n) is 4.51. The van der Waals surface area contributed by atoms with E-state index in [4.69, 9.17) is 4.74 Å². The highest BCUT2D eigenvalue weighted by atomic mass is 19.1. The molecule has 110 valence electrons. The summed E-state index contributed by atoms with van der Waals surface area (Å²) < 4.78 is 18.5. The molecule has 0 bridgehead atoms. The number of pyridine rings is 1. The molecule has 1 N–H and O–H groups in total. The molecule has 1 amide bonds. The van der Waals surface area contributed by atoms with E-state index in [1.807, 2.05) is 0 Å². The van der Waals surface area contributed by atoms with Crippen LogP contribution in [0.5, 0.6) is 11.5 Å². The van der Waals surface area contributed by atoms with Crippen molar-refractivity contribution in [2.75, 3.05) is 14.2 Å². The molecule has 0 fully saturated rings. The monoisotopic (exact) mass is 290 g/mol. The molecule has 0 aliphatic carbocycles. The standard InChI is InChI=1S/C15H15FN2O3/c1-18(15(20)11-4-3-7-17-14(11)16)9-10-5-6-12(19)13(8-10)21-2/h3-8,19H,9H2,1-2H3. The van der Waals surface area contributed by atoms with Crippen molar-refractivity contribution in [2.45, 2.75) is 6.54 Å². The van der Waals surface area contributed by atoms with Crippen LogP contribution < -0.4 is 4.74 Å². The van der Waals surface area contributed by atoms with E-state index in [1.165, 1.54) is 36.4 Å². The molecule has 0 aliphatic rings. The van der Waals surface area contributed by atoms with E-state index < -0.39 is 11.9 Å². The van der Waals surface area contributed by atoms with Gasteiger partial charge in [0.05, 0.1) is 12.7 Å². The number of hydrogen-bond acceptors (Lipinski definition) is 4. The molecule has 0 radical (unpaired) electrons. The summed E-state index contributed by atoms with van der Waals surface area (Å²) >= 11 is 0. The number of carbonyl (C=O) groups is 1. The fraction of sp³-hybridized carbons (Fsp3) is 0.200. The predicted octanol–water partition coefficient (Wildman–Crippen LogP) is 2.21. The molecule has 6 heteroatoms. The van der Waals surface area contributed by atoms with Crippen LogP contribution in [-0.2, 0) is 6.54 Å². The van der Waals surface area contributed by atoms with E-state index in [1.54, 1.807) is 19.2 Å². The Bertz CT molecular complexity index is 661. The Labute approximate surface area is 121 Å². The molecule has 0 saturated carbocycles. The van der Waals surface area contributed by atoms with Crippen LogP contribution in [0.15, 0.2) is 36.5 Å². The average molecular weight is 290 g/mol. The first-order chi connectivity index (χ1) is 10.0. The van der Waals surface area contributed by atoms with E-state index in [9.17, 15) is 14.3 Å². The maximum absolute atomic E-state index is 13.5. The molecule has 0 saturated heterocycles. The molecule has 21 heavy (non-hydrogen) atoms. The lowest BCUT2D eigenvalue weighted by Gasteiger charge is -2.18. The fourth-order valence-corrected chi connectivity index (χ4v) is 1.92. The van der Waals surface area contributed by atoms with Gasteiger partial charge in [-0.25, -0.2) is 4.98 Å². The first-order valence-electron chi connectivity index (χ1n) is 6.24. The lowest BCUT2D eigenvalue weighted by atomic mass is 10.1. The van der Waals surface area contributed by atoms with Crippen LogP contribution in [-0.4, -0.2) is 35.1 Å². The third-order valence-electron chi connectivity index (χ3n) is 3.00. The van der Waals surface area contributed by atoms with Crippen molar-refractivity contribution in [3.05, 3.63) is 53.6 Å². The lowest BCUT2D eigenvalue weighted by Crippen LogP contribution is -2.27. The van der Waals surface area contributed by atoms with E-state index in [0.29, 0.717) is 5.75 Å². The largest absolute Gasteiger partial charge is 0.504 e. The number of phenolic OH excluding ortho intramolecular Hbond substituents is 1. The van der Waals surface area contributed by atoms with Crippen molar-refractivity contribution in [1.29, 1.82) is 0 Å². The fourth-order valence-electron chi connectivity index (χ4n) is 1.92. The summed E-state index contributed by atoms with van der Waals surface area (Å²) in [4.78, 5) is 17.0. The molecule has 0 atom stereocenters. The molecule has 0 spiro atoms. The van der Waals surface area contributed by atoms with Gasteiger partial charge in [-0.2, -0.15) is 4.39 Å². The number of aromatic hydroxyl groups is 1. The lowest BCUT2D eigenvalue weighted by molar-refractivity contribution is 0.0779. The number of benzene rings is 1. The SMILES string of the molecule is COc1cc(CN(C)C(=O)c2cccnc2F)ccc1O. The second-order valence-corrected chi connectivity index (χ2v) is 4.51. The molecule has 1 heterocycles. The van der Waals surface area contributed by atoms with E-state index >= 15 is 0 Å². The number of phenols is 1. The minimum atomic E-state index is -0.794. The minimum absolute atomic E-state index is 0.0218. The molecule has 2 aromatic rings. The molecular weight excluding hydrogens is 275 g/mol. The molecule has 2 rings (SSSR count). The van der Waals surface area contributed by atoms with Crippen LogP contribution >= 0.6 is 0 Å². The van der Waals surface area contributed by atoms with Crippen molar-refractivity contribution in [2.24, 2.45) is 0 Å². The number of amides is 1. The topological polar surface area (TPSA) is 62.7 Å². The van der Waals surface area contributed by atoms with Gasteiger partial charge in [-0.3, -0.25) is 4.79 Å². The number of carbonyl (C=O) groups excluding carboxylic acids is 1. The average Bonchev–Trinajstić information content (AvgIpc) is 2.49. The van der Waals surface area contributed by atoms with Gasteiger partial charge in [0.25, 0.3) is 5.91 Å². The van der Waals surface area contributed by atoms with Crippen LogP contribution in [0.25, 0.3) is 0 Å². The van der Waals surface area contributed by atoms with Gasteiger partial charge < -0.3 is 14.7 Å². The highest BCUT2D eigenvalue weighted by Crippen LogP contribution is 2.26. The van der Waals surface area contributed by atoms with Crippen LogP contribution in [0.3, 0.4) is 0 Å². The van der Waals surface area contributed by atoms with Crippen LogP contribution in [0.4, 0.5) is 4.39 Å². The summed E-state index contributed by atoms with van der Waals surface area (Å²) in [5.41, 5.74) is 0.676. The number of ether oxygens (including phenoxy) is 1. The van der Waals surface area contributed by atoms with Gasteiger partial charge in [-0.05, 0) is 29.8 Å². The molecular formula is C15H15FN2O3. The van der Waals surface area contributed by atoms with Crippen molar-refractivity contribution >= 4 is 5.91 Å². The zero-order chi connectivity index (χ0) is 15.4. The van der Waals surface area contributed by atoms with E-state index in [0.717, 1.165) is 5.56 Å². The van der Waals surface area contributed by atoms with Gasteiger partial charge in [0.1, 0.15) is 0 Å². The summed E-state index contributed by atoms with van der Waals surface area (Å²) in [6.07, 6.45) is 1.29. The zero-order valence-corrected chi connectivity index (χ0v) is 11.7. The van der Waals surface area contributed by atoms with Crippen molar-refractivity contribution in [3.8, 4) is 11.5 Å². The van der Waals surface area contributed by atoms with Crippen LogP contribution in [0.1, 0.15) is 15.9 Å². The van der Waals surface area contributed by atoms with E-state index in [-0.39, 0.29) is 17.9 Å². The van der Waals surface area contributed by atoms with Gasteiger partial charge in [-0.15, -0.1) is 0 Å². The first kappa shape index (κ1) is 14.8. The highest BCUT2D eigenvalue weighted by Gasteiger charge is 2.17. The van der Waals surface area contributed by atoms with Gasteiger partial charge in [-0.1, -0.05) is 6.07 Å². The van der Waals surface area contributed by atoms with Crippen molar-refractivity contribution in [3.63, 3.8) is 0 Å². The van der Waals surface area contributed by atoms with E-state index in [2.05, 4.69) is 4.98 Å². The minimum Gasteiger partial charge on any atom is -0.504 e. The Morgan fingerprint density at radius 1 is 1.43 bits per heavy atom. The van der Waals surface area contributed by atoms with Crippen LogP contribution in [0, 0.1) is 5.95 Å². The normalized spacial score (nSPS) is 10.2. The Morgan fingerprint density at radius 2 is 2.19 bits per heavy atom. The third kappa shape index (κ3) is 3.28. The molecule has 5 nitrogen and oxygen atoms in total. The second kappa shape index (κ2) is 6.21. The Kier molecular flexibility index (Phi) is 4.37. The van der Waals surface area contributed by atoms with Gasteiger partial charge >= 0.3 is 0 Å². The van der Waals surface area contributed by atoms with Gasteiger partial charge in [0, 0.05) is 19.8 Å². The van der Waals surface area contributed by atoms with Crippen LogP contribution in [0.2, 0.25) is 0 Å². The molecule has 0 aliphatic heterocycles. The summed E-state index contributed by atoms with van der Waals surface area (Å²) in [6.45, 7) is 0.254. The number of halogens is 1. The van der Waals surface area contributed by atoms with Gasteiger partial charge in [0.2, 0.25) is 5.95 Å². The summed E-state index contributed by atoms with van der Waals surface area (Å²) in [5.74, 6) is -0.917. The maximum atomic E-state index is 13.5. The van der Waals surface area contributed by atoms with Crippen molar-refractivity contribution < 1.29 is 19.0 Å². The predicted molar refractivity (Wildman–Crippen MR) is 74.7 cm³/mol. The summed E-state index contributed by atoms with van der Waals surface area (Å²) in [5, 5.41) is 9.53. The van der Waals surface area contributed by atoms with Crippen molar-refractivity contribution in [1.82, 2.24) is 9.88 Å². The zero-order valence-electron chi connectivity index (χ0n) is 11.7. The number of aromatic nitrogens is 1. The molecule has 1 aromatic carbocycles. The molecule has 0 unspecified atom stereocenters. The number of rotatable bonds is 4. The molecule has 1 aromatic heterocycles. The number of hydrogen-bond donors (Lipinski definition) is 1. The number of methoxy groups -OCH3 is 1. The Morgan fingerprint density at radius 3 is 2.86 bits per heavy atom. The summed E-state index contributed by atoms with van der Waals surface area (Å²) in [7, 11) is 3.01.